The monoisotopic (exact) mass is 377 g/mol. The van der Waals surface area contributed by atoms with Crippen molar-refractivity contribution in [1.29, 1.82) is 0 Å². The summed E-state index contributed by atoms with van der Waals surface area (Å²) in [6.45, 7) is 3.46. The Hall–Kier alpha value is -2.89. The Morgan fingerprint density at radius 1 is 1.29 bits per heavy atom. The van der Waals surface area contributed by atoms with Crippen LogP contribution in [0.5, 0.6) is 0 Å². The molecule has 0 spiro atoms. The summed E-state index contributed by atoms with van der Waals surface area (Å²) in [7, 11) is 3.96. The first-order valence-electron chi connectivity index (χ1n) is 9.93. The smallest absolute Gasteiger partial charge is 0.252 e. The van der Waals surface area contributed by atoms with Gasteiger partial charge >= 0.3 is 0 Å². The molecule has 1 aliphatic rings. The van der Waals surface area contributed by atoms with Crippen LogP contribution in [-0.4, -0.2) is 40.8 Å². The number of benzene rings is 1. The summed E-state index contributed by atoms with van der Waals surface area (Å²) < 4.78 is 1.78. The lowest BCUT2D eigenvalue weighted by atomic mass is 10.1. The minimum Gasteiger partial charge on any atom is -0.375 e. The van der Waals surface area contributed by atoms with E-state index in [1.807, 2.05) is 38.2 Å². The third kappa shape index (κ3) is 3.72. The van der Waals surface area contributed by atoms with E-state index in [2.05, 4.69) is 34.5 Å². The highest BCUT2D eigenvalue weighted by Gasteiger charge is 2.28. The lowest BCUT2D eigenvalue weighted by molar-refractivity contribution is 0.0955. The number of nitrogens with zero attached hydrogens (tertiary/aromatic N) is 4. The number of carbonyl (C=O) groups excluding carboxylic acids is 1. The Labute approximate surface area is 165 Å². The normalized spacial score (nSPS) is 13.7. The number of aromatic nitrogens is 3. The third-order valence-electron chi connectivity index (χ3n) is 5.38. The predicted octanol–water partition coefficient (Wildman–Crippen LogP) is 3.41. The minimum atomic E-state index is -0.0345. The summed E-state index contributed by atoms with van der Waals surface area (Å²) in [6.07, 6.45) is 3.19. The van der Waals surface area contributed by atoms with Crippen LogP contribution in [-0.2, 0) is 7.05 Å². The average molecular weight is 377 g/mol. The molecule has 0 atom stereocenters. The quantitative estimate of drug-likeness (QED) is 0.641. The van der Waals surface area contributed by atoms with Crippen molar-refractivity contribution in [3.05, 3.63) is 53.3 Å². The van der Waals surface area contributed by atoms with Gasteiger partial charge in [0.2, 0.25) is 0 Å². The number of hydrogen-bond donors (Lipinski definition) is 1. The molecule has 1 fully saturated rings. The lowest BCUT2D eigenvalue weighted by Gasteiger charge is -2.19. The van der Waals surface area contributed by atoms with Gasteiger partial charge in [-0.25, -0.2) is 4.98 Å². The molecule has 0 unspecified atom stereocenters. The topological polar surface area (TPSA) is 63.1 Å². The second-order valence-electron chi connectivity index (χ2n) is 7.64. The van der Waals surface area contributed by atoms with E-state index in [0.29, 0.717) is 18.0 Å². The molecular weight excluding hydrogens is 350 g/mol. The van der Waals surface area contributed by atoms with Gasteiger partial charge in [-0.2, -0.15) is 5.10 Å². The zero-order valence-electron chi connectivity index (χ0n) is 16.8. The summed E-state index contributed by atoms with van der Waals surface area (Å²) in [6, 6.07) is 12.3. The van der Waals surface area contributed by atoms with E-state index in [1.54, 1.807) is 4.68 Å². The Kier molecular flexibility index (Phi) is 5.03. The van der Waals surface area contributed by atoms with Crippen molar-refractivity contribution in [3.8, 4) is 0 Å². The van der Waals surface area contributed by atoms with Gasteiger partial charge in [0.1, 0.15) is 0 Å². The van der Waals surface area contributed by atoms with Crippen molar-refractivity contribution in [2.24, 2.45) is 7.05 Å². The average Bonchev–Trinajstić information content (AvgIpc) is 3.51. The highest BCUT2D eigenvalue weighted by Crippen LogP contribution is 2.40. The fourth-order valence-electron chi connectivity index (χ4n) is 3.66. The van der Waals surface area contributed by atoms with Crippen molar-refractivity contribution in [3.63, 3.8) is 0 Å². The summed E-state index contributed by atoms with van der Waals surface area (Å²) in [5, 5.41) is 8.43. The molecule has 146 valence electrons. The van der Waals surface area contributed by atoms with Crippen LogP contribution in [0.15, 0.2) is 36.4 Å². The minimum absolute atomic E-state index is 0.0345. The van der Waals surface area contributed by atoms with Crippen LogP contribution >= 0.6 is 0 Å². The van der Waals surface area contributed by atoms with Gasteiger partial charge in [-0.1, -0.05) is 18.2 Å². The SMILES string of the molecule is Cc1nn(C)c2nc(C3CC3)cc(C(=O)NCCCN(C)c3ccccc3)c12. The van der Waals surface area contributed by atoms with E-state index in [4.69, 9.17) is 4.98 Å². The van der Waals surface area contributed by atoms with Crippen LogP contribution in [0.1, 0.15) is 46.9 Å². The number of amides is 1. The van der Waals surface area contributed by atoms with E-state index < -0.39 is 0 Å². The molecule has 1 N–H and O–H groups in total. The maximum atomic E-state index is 12.9. The molecule has 1 saturated carbocycles. The molecule has 2 heterocycles. The first-order valence-corrected chi connectivity index (χ1v) is 9.93. The van der Waals surface area contributed by atoms with Crippen molar-refractivity contribution in [1.82, 2.24) is 20.1 Å². The Morgan fingerprint density at radius 2 is 2.04 bits per heavy atom. The molecule has 0 radical (unpaired) electrons. The second-order valence-corrected chi connectivity index (χ2v) is 7.64. The molecule has 1 aromatic carbocycles. The van der Waals surface area contributed by atoms with E-state index >= 15 is 0 Å². The molecule has 3 aromatic rings. The molecule has 0 saturated heterocycles. The molecule has 1 aliphatic carbocycles. The maximum Gasteiger partial charge on any atom is 0.252 e. The first kappa shape index (κ1) is 18.5. The predicted molar refractivity (Wildman–Crippen MR) is 112 cm³/mol. The molecule has 0 aliphatic heterocycles. The Bertz CT molecular complexity index is 991. The summed E-state index contributed by atoms with van der Waals surface area (Å²) >= 11 is 0. The van der Waals surface area contributed by atoms with Gasteiger partial charge in [0.05, 0.1) is 16.6 Å². The van der Waals surface area contributed by atoms with Crippen LogP contribution in [0.2, 0.25) is 0 Å². The number of hydrogen-bond acceptors (Lipinski definition) is 4. The van der Waals surface area contributed by atoms with Gasteiger partial charge in [-0.3, -0.25) is 9.48 Å². The highest BCUT2D eigenvalue weighted by atomic mass is 16.1. The number of anilines is 1. The highest BCUT2D eigenvalue weighted by molar-refractivity contribution is 6.06. The standard InChI is InChI=1S/C22H27N5O/c1-15-20-18(14-19(16-10-11-16)24-21(20)27(3)25-15)22(28)23-12-7-13-26(2)17-8-5-4-6-9-17/h4-6,8-9,14,16H,7,10-13H2,1-3H3,(H,23,28). The fraction of sp³-hybridized carbons (Fsp3) is 0.409. The van der Waals surface area contributed by atoms with Crippen molar-refractivity contribution in [2.75, 3.05) is 25.0 Å². The van der Waals surface area contributed by atoms with Gasteiger partial charge < -0.3 is 10.2 Å². The maximum absolute atomic E-state index is 12.9. The van der Waals surface area contributed by atoms with Gasteiger partial charge in [0, 0.05) is 44.5 Å². The summed E-state index contributed by atoms with van der Waals surface area (Å²) in [4.78, 5) is 19.9. The number of aryl methyl sites for hydroxylation is 2. The molecule has 28 heavy (non-hydrogen) atoms. The van der Waals surface area contributed by atoms with Crippen LogP contribution in [0.25, 0.3) is 11.0 Å². The van der Waals surface area contributed by atoms with Crippen LogP contribution < -0.4 is 10.2 Å². The fourth-order valence-corrected chi connectivity index (χ4v) is 3.66. The van der Waals surface area contributed by atoms with Crippen molar-refractivity contribution < 1.29 is 4.79 Å². The number of rotatable bonds is 7. The summed E-state index contributed by atoms with van der Waals surface area (Å²) in [5.41, 5.74) is 4.56. The molecule has 6 heteroatoms. The van der Waals surface area contributed by atoms with E-state index in [-0.39, 0.29) is 5.91 Å². The Balaban J connectivity index is 1.44. The summed E-state index contributed by atoms with van der Waals surface area (Å²) in [5.74, 6) is 0.457. The van der Waals surface area contributed by atoms with Gasteiger partial charge in [-0.05, 0) is 44.4 Å². The number of carbonyl (C=O) groups is 1. The molecule has 6 nitrogen and oxygen atoms in total. The zero-order valence-corrected chi connectivity index (χ0v) is 16.8. The largest absolute Gasteiger partial charge is 0.375 e. The van der Waals surface area contributed by atoms with Gasteiger partial charge in [-0.15, -0.1) is 0 Å². The molecular formula is C22H27N5O. The van der Waals surface area contributed by atoms with E-state index in [0.717, 1.165) is 48.2 Å². The first-order chi connectivity index (χ1) is 13.5. The van der Waals surface area contributed by atoms with E-state index in [1.165, 1.54) is 5.69 Å². The van der Waals surface area contributed by atoms with Crippen LogP contribution in [0, 0.1) is 6.92 Å². The van der Waals surface area contributed by atoms with Crippen molar-refractivity contribution in [2.45, 2.75) is 32.1 Å². The number of fused-ring (bicyclic) bond motifs is 1. The van der Waals surface area contributed by atoms with Gasteiger partial charge in [0.15, 0.2) is 5.65 Å². The zero-order chi connectivity index (χ0) is 19.7. The molecule has 2 aromatic heterocycles. The molecule has 1 amide bonds. The lowest BCUT2D eigenvalue weighted by Crippen LogP contribution is -2.28. The Morgan fingerprint density at radius 3 is 2.75 bits per heavy atom. The second kappa shape index (κ2) is 7.62. The number of nitrogens with one attached hydrogen (secondary N) is 1. The molecule has 0 bridgehead atoms. The van der Waals surface area contributed by atoms with Crippen LogP contribution in [0.3, 0.4) is 0 Å². The van der Waals surface area contributed by atoms with E-state index in [9.17, 15) is 4.79 Å². The third-order valence-corrected chi connectivity index (χ3v) is 5.38. The van der Waals surface area contributed by atoms with Crippen LogP contribution in [0.4, 0.5) is 5.69 Å². The van der Waals surface area contributed by atoms with Crippen molar-refractivity contribution >= 4 is 22.6 Å². The number of pyridine rings is 1. The van der Waals surface area contributed by atoms with Gasteiger partial charge in [0.25, 0.3) is 5.91 Å². The molecule has 4 rings (SSSR count). The number of para-hydroxylation sites is 1.